The SMILES string of the molecule is CC(C)[N-]C[N-]C(C)C.CC(C)[N-]C[N-]C(C)C.CN(C)CC1CCCC1.[CH3-].[La]. The van der Waals surface area contributed by atoms with Crippen LogP contribution in [0.2, 0.25) is 0 Å². The van der Waals surface area contributed by atoms with E-state index in [0.717, 1.165) is 5.92 Å². The summed E-state index contributed by atoms with van der Waals surface area (Å²) in [6.45, 7) is 19.2. The molecule has 1 rings (SSSR count). The minimum Gasteiger partial charge on any atom is -0.678 e. The molecular formula is C23H52LaN5-5. The molecule has 1 saturated carbocycles. The van der Waals surface area contributed by atoms with Gasteiger partial charge in [-0.05, 0) is 32.9 Å². The molecule has 1 aliphatic rings. The van der Waals surface area contributed by atoms with Crippen molar-refractivity contribution in [1.82, 2.24) is 4.90 Å². The molecule has 0 amide bonds. The van der Waals surface area contributed by atoms with E-state index >= 15 is 0 Å². The van der Waals surface area contributed by atoms with Gasteiger partial charge < -0.3 is 33.6 Å². The first-order chi connectivity index (χ1) is 12.5. The maximum atomic E-state index is 4.20. The Morgan fingerprint density at radius 3 is 1.14 bits per heavy atom. The van der Waals surface area contributed by atoms with Gasteiger partial charge in [-0.1, -0.05) is 68.2 Å². The van der Waals surface area contributed by atoms with Crippen LogP contribution in [0.1, 0.15) is 81.1 Å². The van der Waals surface area contributed by atoms with Gasteiger partial charge in [-0.3, -0.25) is 13.3 Å². The summed E-state index contributed by atoms with van der Waals surface area (Å²) in [7, 11) is 4.33. The van der Waals surface area contributed by atoms with Crippen molar-refractivity contribution in [3.05, 3.63) is 28.7 Å². The van der Waals surface area contributed by atoms with E-state index in [1.165, 1.54) is 32.2 Å². The topological polar surface area (TPSA) is 59.6 Å². The van der Waals surface area contributed by atoms with Crippen molar-refractivity contribution in [2.45, 2.75) is 105 Å². The number of hydrogen-bond donors (Lipinski definition) is 0. The molecule has 0 atom stereocenters. The normalized spacial score (nSPS) is 13.8. The maximum absolute atomic E-state index is 4.20. The van der Waals surface area contributed by atoms with Crippen molar-refractivity contribution in [3.8, 4) is 0 Å². The van der Waals surface area contributed by atoms with Gasteiger partial charge in [-0.15, -0.1) is 24.2 Å². The number of rotatable bonds is 10. The molecule has 1 fully saturated rings. The van der Waals surface area contributed by atoms with Crippen LogP contribution >= 0.6 is 0 Å². The minimum absolute atomic E-state index is 0. The van der Waals surface area contributed by atoms with Crippen molar-refractivity contribution < 1.29 is 35.6 Å². The monoisotopic (exact) mass is 537 g/mol. The Morgan fingerprint density at radius 2 is 0.931 bits per heavy atom. The predicted octanol–water partition coefficient (Wildman–Crippen LogP) is 7.20. The van der Waals surface area contributed by atoms with Crippen LogP contribution in [-0.4, -0.2) is 63.0 Å². The number of hydrogen-bond acceptors (Lipinski definition) is 1. The third kappa shape index (κ3) is 36.7. The summed E-state index contributed by atoms with van der Waals surface area (Å²) in [6.07, 6.45) is 5.88. The van der Waals surface area contributed by atoms with E-state index in [9.17, 15) is 0 Å². The molecule has 6 heteroatoms. The van der Waals surface area contributed by atoms with Gasteiger partial charge in [0.25, 0.3) is 0 Å². The molecule has 29 heavy (non-hydrogen) atoms. The minimum atomic E-state index is 0. The van der Waals surface area contributed by atoms with Crippen LogP contribution in [0.3, 0.4) is 0 Å². The molecule has 0 heterocycles. The molecule has 1 radical (unpaired) electrons. The smallest absolute Gasteiger partial charge is 0.000356 e. The molecular weight excluding hydrogens is 485 g/mol. The van der Waals surface area contributed by atoms with Gasteiger partial charge in [0.1, 0.15) is 0 Å². The molecule has 0 bridgehead atoms. The second-order valence-corrected chi connectivity index (χ2v) is 8.80. The van der Waals surface area contributed by atoms with Crippen LogP contribution < -0.4 is 0 Å². The van der Waals surface area contributed by atoms with Gasteiger partial charge in [-0.25, -0.2) is 0 Å². The summed E-state index contributed by atoms with van der Waals surface area (Å²) in [5.74, 6) is 1.01. The fourth-order valence-electron chi connectivity index (χ4n) is 2.46. The first kappa shape index (κ1) is 37.3. The Labute approximate surface area is 213 Å². The van der Waals surface area contributed by atoms with E-state index in [1.54, 1.807) is 0 Å². The largest absolute Gasteiger partial charge is 0.678 e. The first-order valence-corrected chi connectivity index (χ1v) is 10.9. The zero-order valence-electron chi connectivity index (χ0n) is 21.6. The third-order valence-electron chi connectivity index (χ3n) is 3.89. The van der Waals surface area contributed by atoms with Crippen molar-refractivity contribution in [3.63, 3.8) is 0 Å². The van der Waals surface area contributed by atoms with E-state index in [-0.39, 0.29) is 43.0 Å². The average molecular weight is 538 g/mol. The molecule has 1 aliphatic carbocycles. The standard InChI is InChI=1S/C8H17N.2C7H16N2.CH3.La/c1-9(2)7-8-5-3-4-6-8;2*1-6(2)8-5-9-7(3)4;;/h8H,3-7H2,1-2H3;2*6-7H,5H2,1-4H3;1H3;/q;2*-2;-1;. The van der Waals surface area contributed by atoms with Crippen LogP contribution in [0.5, 0.6) is 0 Å². The van der Waals surface area contributed by atoms with Crippen molar-refractivity contribution >= 4 is 0 Å². The average Bonchev–Trinajstić information content (AvgIpc) is 2.99. The molecule has 0 saturated heterocycles. The summed E-state index contributed by atoms with van der Waals surface area (Å²) in [5.41, 5.74) is 0. The summed E-state index contributed by atoms with van der Waals surface area (Å²) in [5, 5.41) is 16.8. The fraction of sp³-hybridized carbons (Fsp3) is 0.957. The van der Waals surface area contributed by atoms with Crippen molar-refractivity contribution in [2.75, 3.05) is 34.0 Å². The fourth-order valence-corrected chi connectivity index (χ4v) is 2.46. The van der Waals surface area contributed by atoms with Gasteiger partial charge in [0.2, 0.25) is 0 Å². The molecule has 5 nitrogen and oxygen atoms in total. The zero-order valence-corrected chi connectivity index (χ0v) is 25.3. The molecule has 0 unspecified atom stereocenters. The zero-order chi connectivity index (χ0) is 21.2. The predicted molar refractivity (Wildman–Crippen MR) is 131 cm³/mol. The van der Waals surface area contributed by atoms with Gasteiger partial charge in [0.15, 0.2) is 0 Å². The van der Waals surface area contributed by atoms with Crippen LogP contribution in [0, 0.1) is 48.9 Å². The van der Waals surface area contributed by atoms with Crippen LogP contribution in [0.15, 0.2) is 0 Å². The Hall–Kier alpha value is 0.995. The van der Waals surface area contributed by atoms with Gasteiger partial charge in [-0.2, -0.15) is 0 Å². The van der Waals surface area contributed by atoms with E-state index < -0.39 is 0 Å². The van der Waals surface area contributed by atoms with Crippen molar-refractivity contribution in [2.24, 2.45) is 5.92 Å². The van der Waals surface area contributed by atoms with E-state index in [4.69, 9.17) is 0 Å². The summed E-state index contributed by atoms with van der Waals surface area (Å²) in [6, 6.07) is 1.69. The molecule has 0 aromatic carbocycles. The Balaban J connectivity index is -0.000000156. The summed E-state index contributed by atoms with van der Waals surface area (Å²) < 4.78 is 0. The molecule has 0 aliphatic heterocycles. The van der Waals surface area contributed by atoms with E-state index in [2.05, 4.69) is 95.7 Å². The molecule has 0 N–H and O–H groups in total. The summed E-state index contributed by atoms with van der Waals surface area (Å²) >= 11 is 0. The van der Waals surface area contributed by atoms with E-state index in [1.807, 2.05) is 0 Å². The van der Waals surface area contributed by atoms with Gasteiger partial charge >= 0.3 is 0 Å². The van der Waals surface area contributed by atoms with Crippen molar-refractivity contribution in [1.29, 1.82) is 0 Å². The van der Waals surface area contributed by atoms with Gasteiger partial charge in [0, 0.05) is 42.1 Å². The molecule has 0 aromatic rings. The molecule has 177 valence electrons. The second kappa shape index (κ2) is 25.3. The Morgan fingerprint density at radius 1 is 0.655 bits per heavy atom. The molecule has 0 spiro atoms. The number of nitrogens with zero attached hydrogens (tertiary/aromatic N) is 5. The molecule has 0 aromatic heterocycles. The van der Waals surface area contributed by atoms with Crippen LogP contribution in [0.4, 0.5) is 0 Å². The second-order valence-electron chi connectivity index (χ2n) is 8.80. The summed E-state index contributed by atoms with van der Waals surface area (Å²) in [4.78, 5) is 2.30. The quantitative estimate of drug-likeness (QED) is 0.272. The maximum Gasteiger partial charge on any atom is 0.000356 e. The third-order valence-corrected chi connectivity index (χ3v) is 3.89. The van der Waals surface area contributed by atoms with Crippen LogP contribution in [-0.2, 0) is 0 Å². The van der Waals surface area contributed by atoms with Gasteiger partial charge in [0.05, 0.1) is 0 Å². The Kier molecular flexibility index (Phi) is 32.5. The van der Waals surface area contributed by atoms with Crippen LogP contribution in [0.25, 0.3) is 21.3 Å². The Bertz CT molecular complexity index is 257. The van der Waals surface area contributed by atoms with E-state index in [0.29, 0.717) is 37.5 Å². The first-order valence-electron chi connectivity index (χ1n) is 10.9.